The minimum atomic E-state index is -0.265. The van der Waals surface area contributed by atoms with E-state index in [0.29, 0.717) is 23.2 Å². The molecule has 1 amide bonds. The summed E-state index contributed by atoms with van der Waals surface area (Å²) in [5.74, 6) is 1.89. The standard InChI is InChI=1S/C22H32N6O2/c1-4-27(5-2)21-24-15-19(23)20(26-21)25-16(3)14-17-8-10-18(11-9-17)30-22(29)28-12-6-7-13-28/h8-11,15-16H,4-7,12-14,23H2,1-3H3,(H,24,25,26)/t16-/m1/s1. The van der Waals surface area contributed by atoms with Crippen molar-refractivity contribution in [2.24, 2.45) is 0 Å². The highest BCUT2D eigenvalue weighted by molar-refractivity contribution is 5.71. The number of hydrogen-bond acceptors (Lipinski definition) is 7. The lowest BCUT2D eigenvalue weighted by Gasteiger charge is -2.21. The predicted octanol–water partition coefficient (Wildman–Crippen LogP) is 3.54. The molecule has 30 heavy (non-hydrogen) atoms. The van der Waals surface area contributed by atoms with Crippen LogP contribution in [0.3, 0.4) is 0 Å². The second-order valence-electron chi connectivity index (χ2n) is 7.60. The van der Waals surface area contributed by atoms with Crippen LogP contribution >= 0.6 is 0 Å². The molecular formula is C22H32N6O2. The van der Waals surface area contributed by atoms with Crippen molar-refractivity contribution < 1.29 is 9.53 Å². The van der Waals surface area contributed by atoms with E-state index in [4.69, 9.17) is 10.5 Å². The Labute approximate surface area is 178 Å². The quantitative estimate of drug-likeness (QED) is 0.684. The summed E-state index contributed by atoms with van der Waals surface area (Å²) in [6.45, 7) is 9.47. The lowest BCUT2D eigenvalue weighted by Crippen LogP contribution is -2.30. The van der Waals surface area contributed by atoms with Crippen molar-refractivity contribution in [3.8, 4) is 5.75 Å². The van der Waals surface area contributed by atoms with E-state index < -0.39 is 0 Å². The Hall–Kier alpha value is -3.03. The van der Waals surface area contributed by atoms with Crippen molar-refractivity contribution in [1.82, 2.24) is 14.9 Å². The van der Waals surface area contributed by atoms with Crippen molar-refractivity contribution in [2.45, 2.75) is 46.1 Å². The van der Waals surface area contributed by atoms with E-state index in [1.54, 1.807) is 11.1 Å². The number of likely N-dealkylation sites (tertiary alicyclic amines) is 1. The number of carbonyl (C=O) groups is 1. The number of nitrogens with one attached hydrogen (secondary N) is 1. The summed E-state index contributed by atoms with van der Waals surface area (Å²) < 4.78 is 5.46. The third kappa shape index (κ3) is 5.52. The van der Waals surface area contributed by atoms with Crippen LogP contribution in [0.1, 0.15) is 39.2 Å². The molecule has 2 aromatic rings. The summed E-state index contributed by atoms with van der Waals surface area (Å²) >= 11 is 0. The van der Waals surface area contributed by atoms with Gasteiger partial charge in [-0.25, -0.2) is 9.78 Å². The van der Waals surface area contributed by atoms with Crippen molar-refractivity contribution in [2.75, 3.05) is 42.1 Å². The Bertz CT molecular complexity index is 832. The number of hydrogen-bond donors (Lipinski definition) is 2. The number of nitrogens with zero attached hydrogens (tertiary/aromatic N) is 4. The van der Waals surface area contributed by atoms with Gasteiger partial charge in [-0.05, 0) is 57.7 Å². The van der Waals surface area contributed by atoms with Gasteiger partial charge in [0, 0.05) is 32.2 Å². The molecule has 0 spiro atoms. The topological polar surface area (TPSA) is 96.6 Å². The SMILES string of the molecule is CCN(CC)c1ncc(N)c(N[C@H](C)Cc2ccc(OC(=O)N3CCCC3)cc2)n1. The van der Waals surface area contributed by atoms with Crippen LogP contribution in [0.4, 0.5) is 22.2 Å². The Morgan fingerprint density at radius 3 is 2.53 bits per heavy atom. The van der Waals surface area contributed by atoms with E-state index >= 15 is 0 Å². The molecule has 162 valence electrons. The molecule has 1 fully saturated rings. The lowest BCUT2D eigenvalue weighted by atomic mass is 10.1. The molecule has 1 atom stereocenters. The fourth-order valence-electron chi connectivity index (χ4n) is 3.55. The van der Waals surface area contributed by atoms with Gasteiger partial charge in [-0.1, -0.05) is 12.1 Å². The van der Waals surface area contributed by atoms with Gasteiger partial charge < -0.3 is 25.6 Å². The summed E-state index contributed by atoms with van der Waals surface area (Å²) in [6.07, 6.45) is 4.26. The number of aromatic nitrogens is 2. The molecule has 0 aliphatic carbocycles. The first-order valence-electron chi connectivity index (χ1n) is 10.7. The molecule has 1 saturated heterocycles. The second-order valence-corrected chi connectivity index (χ2v) is 7.60. The minimum absolute atomic E-state index is 0.116. The minimum Gasteiger partial charge on any atom is -0.410 e. The van der Waals surface area contributed by atoms with Crippen LogP contribution in [-0.2, 0) is 6.42 Å². The maximum Gasteiger partial charge on any atom is 0.415 e. The van der Waals surface area contributed by atoms with E-state index in [1.165, 1.54) is 0 Å². The van der Waals surface area contributed by atoms with Crippen molar-refractivity contribution in [3.05, 3.63) is 36.0 Å². The van der Waals surface area contributed by atoms with Crippen molar-refractivity contribution in [1.29, 1.82) is 0 Å². The lowest BCUT2D eigenvalue weighted by molar-refractivity contribution is 0.163. The highest BCUT2D eigenvalue weighted by Crippen LogP contribution is 2.21. The van der Waals surface area contributed by atoms with Crippen LogP contribution in [0, 0.1) is 0 Å². The van der Waals surface area contributed by atoms with Gasteiger partial charge in [0.05, 0.1) is 11.9 Å². The normalized spacial score (nSPS) is 14.4. The summed E-state index contributed by atoms with van der Waals surface area (Å²) in [6, 6.07) is 7.76. The highest BCUT2D eigenvalue weighted by Gasteiger charge is 2.19. The number of benzene rings is 1. The first kappa shape index (κ1) is 21.7. The molecule has 1 aromatic carbocycles. The molecule has 1 aliphatic heterocycles. The molecule has 3 N–H and O–H groups in total. The van der Waals surface area contributed by atoms with Gasteiger partial charge >= 0.3 is 6.09 Å². The zero-order valence-electron chi connectivity index (χ0n) is 18.1. The van der Waals surface area contributed by atoms with E-state index in [0.717, 1.165) is 51.0 Å². The Morgan fingerprint density at radius 2 is 1.90 bits per heavy atom. The third-order valence-corrected chi connectivity index (χ3v) is 5.27. The first-order chi connectivity index (χ1) is 14.5. The fourth-order valence-corrected chi connectivity index (χ4v) is 3.55. The molecule has 8 heteroatoms. The number of rotatable bonds is 8. The van der Waals surface area contributed by atoms with Crippen LogP contribution < -0.4 is 20.7 Å². The molecular weight excluding hydrogens is 380 g/mol. The monoisotopic (exact) mass is 412 g/mol. The fraction of sp³-hybridized carbons (Fsp3) is 0.500. The predicted molar refractivity (Wildman–Crippen MR) is 120 cm³/mol. The van der Waals surface area contributed by atoms with E-state index in [1.807, 2.05) is 24.3 Å². The number of anilines is 3. The molecule has 0 bridgehead atoms. The first-order valence-corrected chi connectivity index (χ1v) is 10.7. The van der Waals surface area contributed by atoms with Gasteiger partial charge in [0.1, 0.15) is 5.75 Å². The third-order valence-electron chi connectivity index (χ3n) is 5.27. The molecule has 1 aromatic heterocycles. The van der Waals surface area contributed by atoms with Crippen LogP contribution in [0.2, 0.25) is 0 Å². The Kier molecular flexibility index (Phi) is 7.32. The molecule has 0 saturated carbocycles. The van der Waals surface area contributed by atoms with Crippen LogP contribution in [0.25, 0.3) is 0 Å². The smallest absolute Gasteiger partial charge is 0.410 e. The van der Waals surface area contributed by atoms with Crippen molar-refractivity contribution >= 4 is 23.5 Å². The van der Waals surface area contributed by atoms with Gasteiger partial charge in [-0.3, -0.25) is 0 Å². The van der Waals surface area contributed by atoms with Crippen LogP contribution in [-0.4, -0.2) is 53.2 Å². The van der Waals surface area contributed by atoms with Gasteiger partial charge in [0.15, 0.2) is 5.82 Å². The maximum absolute atomic E-state index is 12.1. The van der Waals surface area contributed by atoms with E-state index in [2.05, 4.69) is 41.0 Å². The van der Waals surface area contributed by atoms with Crippen molar-refractivity contribution in [3.63, 3.8) is 0 Å². The van der Waals surface area contributed by atoms with Gasteiger partial charge in [0.2, 0.25) is 5.95 Å². The zero-order valence-corrected chi connectivity index (χ0v) is 18.1. The summed E-state index contributed by atoms with van der Waals surface area (Å²) in [4.78, 5) is 24.9. The van der Waals surface area contributed by atoms with E-state index in [-0.39, 0.29) is 12.1 Å². The molecule has 3 rings (SSSR count). The second kappa shape index (κ2) is 10.1. The van der Waals surface area contributed by atoms with Crippen LogP contribution in [0.5, 0.6) is 5.75 Å². The number of nitrogens with two attached hydrogens (primary N) is 1. The largest absolute Gasteiger partial charge is 0.415 e. The Balaban J connectivity index is 1.57. The Morgan fingerprint density at radius 1 is 1.23 bits per heavy atom. The summed E-state index contributed by atoms with van der Waals surface area (Å²) in [7, 11) is 0. The molecule has 1 aliphatic rings. The van der Waals surface area contributed by atoms with E-state index in [9.17, 15) is 4.79 Å². The average Bonchev–Trinajstić information content (AvgIpc) is 3.28. The van der Waals surface area contributed by atoms with Crippen LogP contribution in [0.15, 0.2) is 30.5 Å². The number of carbonyl (C=O) groups excluding carboxylic acids is 1. The number of amides is 1. The number of nitrogen functional groups attached to an aromatic ring is 1. The van der Waals surface area contributed by atoms with Gasteiger partial charge in [-0.15, -0.1) is 0 Å². The number of ether oxygens (including phenoxy) is 1. The van der Waals surface area contributed by atoms with Gasteiger partial charge in [0.25, 0.3) is 0 Å². The zero-order chi connectivity index (χ0) is 21.5. The van der Waals surface area contributed by atoms with Gasteiger partial charge in [-0.2, -0.15) is 4.98 Å². The summed E-state index contributed by atoms with van der Waals surface area (Å²) in [5.41, 5.74) is 7.74. The molecule has 2 heterocycles. The summed E-state index contributed by atoms with van der Waals surface area (Å²) in [5, 5.41) is 3.39. The average molecular weight is 413 g/mol. The molecule has 8 nitrogen and oxygen atoms in total. The molecule has 0 unspecified atom stereocenters. The maximum atomic E-state index is 12.1. The highest BCUT2D eigenvalue weighted by atomic mass is 16.6. The molecule has 0 radical (unpaired) electrons.